The summed E-state index contributed by atoms with van der Waals surface area (Å²) in [5, 5.41) is 2.69. The van der Waals surface area contributed by atoms with Crippen molar-refractivity contribution in [1.29, 1.82) is 0 Å². The van der Waals surface area contributed by atoms with Gasteiger partial charge in [-0.2, -0.15) is 0 Å². The molecule has 0 spiro atoms. The second kappa shape index (κ2) is 5.18. The molecule has 0 saturated carbocycles. The molecular formula is C13H12N2O3. The first-order valence-corrected chi connectivity index (χ1v) is 5.33. The number of hydrogen-bond donors (Lipinski definition) is 2. The fourth-order valence-corrected chi connectivity index (χ4v) is 1.46. The van der Waals surface area contributed by atoms with Crippen molar-refractivity contribution in [3.63, 3.8) is 0 Å². The predicted octanol–water partition coefficient (Wildman–Crippen LogP) is 1.64. The van der Waals surface area contributed by atoms with Crippen LogP contribution in [0.25, 0.3) is 0 Å². The van der Waals surface area contributed by atoms with Crippen LogP contribution in [0, 0.1) is 0 Å². The molecule has 1 heterocycles. The smallest absolute Gasteiger partial charge is 0.255 e. The van der Waals surface area contributed by atoms with Crippen LogP contribution in [0.1, 0.15) is 10.4 Å². The van der Waals surface area contributed by atoms with Gasteiger partial charge in [-0.15, -0.1) is 0 Å². The number of aromatic nitrogens is 1. The fraction of sp³-hybridized carbons (Fsp3) is 0.0769. The molecule has 1 aromatic heterocycles. The maximum Gasteiger partial charge on any atom is 0.255 e. The van der Waals surface area contributed by atoms with E-state index in [1.54, 1.807) is 37.4 Å². The van der Waals surface area contributed by atoms with E-state index in [2.05, 4.69) is 10.3 Å². The van der Waals surface area contributed by atoms with Crippen LogP contribution in [-0.2, 0) is 0 Å². The van der Waals surface area contributed by atoms with Crippen molar-refractivity contribution in [2.75, 3.05) is 12.4 Å². The summed E-state index contributed by atoms with van der Waals surface area (Å²) in [4.78, 5) is 25.4. The number of pyridine rings is 1. The topological polar surface area (TPSA) is 71.2 Å². The van der Waals surface area contributed by atoms with Gasteiger partial charge in [0.1, 0.15) is 5.75 Å². The van der Waals surface area contributed by atoms with Gasteiger partial charge in [-0.1, -0.05) is 0 Å². The second-order valence-electron chi connectivity index (χ2n) is 3.62. The number of nitrogens with one attached hydrogen (secondary N) is 2. The summed E-state index contributed by atoms with van der Waals surface area (Å²) in [6, 6.07) is 9.73. The summed E-state index contributed by atoms with van der Waals surface area (Å²) >= 11 is 0. The Labute approximate surface area is 103 Å². The molecule has 0 aliphatic heterocycles. The van der Waals surface area contributed by atoms with Gasteiger partial charge in [-0.05, 0) is 30.3 Å². The first-order valence-electron chi connectivity index (χ1n) is 5.33. The zero-order valence-electron chi connectivity index (χ0n) is 9.77. The largest absolute Gasteiger partial charge is 0.497 e. The molecule has 0 saturated heterocycles. The third-order valence-corrected chi connectivity index (χ3v) is 2.39. The van der Waals surface area contributed by atoms with Crippen molar-refractivity contribution >= 4 is 11.6 Å². The van der Waals surface area contributed by atoms with Crippen molar-refractivity contribution in [2.45, 2.75) is 0 Å². The lowest BCUT2D eigenvalue weighted by Gasteiger charge is -2.05. The van der Waals surface area contributed by atoms with Gasteiger partial charge < -0.3 is 15.0 Å². The van der Waals surface area contributed by atoms with Crippen molar-refractivity contribution in [3.8, 4) is 5.75 Å². The Morgan fingerprint density at radius 2 is 1.94 bits per heavy atom. The number of anilines is 1. The summed E-state index contributed by atoms with van der Waals surface area (Å²) in [6.07, 6.45) is 1.44. The first kappa shape index (κ1) is 11.9. The van der Waals surface area contributed by atoms with E-state index < -0.39 is 0 Å². The maximum atomic E-state index is 11.8. The quantitative estimate of drug-likeness (QED) is 0.862. The van der Waals surface area contributed by atoms with Crippen LogP contribution in [-0.4, -0.2) is 18.0 Å². The zero-order chi connectivity index (χ0) is 13.0. The molecule has 5 nitrogen and oxygen atoms in total. The molecule has 0 radical (unpaired) electrons. The Kier molecular flexibility index (Phi) is 3.43. The third-order valence-electron chi connectivity index (χ3n) is 2.39. The molecule has 5 heteroatoms. The van der Waals surface area contributed by atoms with Crippen LogP contribution in [0.15, 0.2) is 47.4 Å². The maximum absolute atomic E-state index is 11.8. The average molecular weight is 244 g/mol. The van der Waals surface area contributed by atoms with Crippen LogP contribution in [0.2, 0.25) is 0 Å². The number of amides is 1. The molecule has 0 unspecified atom stereocenters. The monoisotopic (exact) mass is 244 g/mol. The van der Waals surface area contributed by atoms with Crippen LogP contribution < -0.4 is 15.6 Å². The van der Waals surface area contributed by atoms with E-state index in [1.807, 2.05) is 0 Å². The minimum absolute atomic E-state index is 0.308. The number of methoxy groups -OCH3 is 1. The molecule has 2 N–H and O–H groups in total. The molecule has 1 aromatic carbocycles. The summed E-state index contributed by atoms with van der Waals surface area (Å²) in [7, 11) is 1.57. The molecule has 2 aromatic rings. The molecule has 0 aliphatic carbocycles. The van der Waals surface area contributed by atoms with Gasteiger partial charge in [0.25, 0.3) is 5.91 Å². The van der Waals surface area contributed by atoms with Crippen molar-refractivity contribution in [3.05, 3.63) is 58.5 Å². The van der Waals surface area contributed by atoms with Crippen LogP contribution in [0.3, 0.4) is 0 Å². The Morgan fingerprint density at radius 1 is 1.22 bits per heavy atom. The number of ether oxygens (including phenoxy) is 1. The number of hydrogen-bond acceptors (Lipinski definition) is 3. The Hall–Kier alpha value is -2.56. The Balaban J connectivity index is 2.13. The molecule has 0 atom stereocenters. The molecule has 92 valence electrons. The van der Waals surface area contributed by atoms with Crippen molar-refractivity contribution in [1.82, 2.24) is 4.98 Å². The van der Waals surface area contributed by atoms with Crippen LogP contribution in [0.5, 0.6) is 5.75 Å². The normalized spacial score (nSPS) is 9.83. The molecule has 1 amide bonds. The van der Waals surface area contributed by atoms with Crippen LogP contribution in [0.4, 0.5) is 5.69 Å². The van der Waals surface area contributed by atoms with Gasteiger partial charge >= 0.3 is 0 Å². The molecule has 0 bridgehead atoms. The molecule has 18 heavy (non-hydrogen) atoms. The number of carbonyl (C=O) groups is 1. The van der Waals surface area contributed by atoms with E-state index in [9.17, 15) is 9.59 Å². The lowest BCUT2D eigenvalue weighted by atomic mass is 10.2. The minimum Gasteiger partial charge on any atom is -0.497 e. The zero-order valence-corrected chi connectivity index (χ0v) is 9.77. The minimum atomic E-state index is -0.328. The molecular weight excluding hydrogens is 232 g/mol. The number of benzene rings is 1. The summed E-state index contributed by atoms with van der Waals surface area (Å²) in [5.41, 5.74) is 0.646. The number of aromatic amines is 1. The number of carbonyl (C=O) groups excluding carboxylic acids is 1. The highest BCUT2D eigenvalue weighted by Crippen LogP contribution is 2.15. The van der Waals surface area contributed by atoms with Gasteiger partial charge in [0.05, 0.1) is 7.11 Å². The molecule has 0 fully saturated rings. The second-order valence-corrected chi connectivity index (χ2v) is 3.62. The van der Waals surface area contributed by atoms with Crippen molar-refractivity contribution < 1.29 is 9.53 Å². The van der Waals surface area contributed by atoms with Gasteiger partial charge in [0.15, 0.2) is 0 Å². The predicted molar refractivity (Wildman–Crippen MR) is 68.0 cm³/mol. The summed E-state index contributed by atoms with van der Waals surface area (Å²) in [6.45, 7) is 0. The summed E-state index contributed by atoms with van der Waals surface area (Å²) < 4.78 is 5.02. The van der Waals surface area contributed by atoms with E-state index >= 15 is 0 Å². The van der Waals surface area contributed by atoms with Crippen molar-refractivity contribution in [2.24, 2.45) is 0 Å². The number of H-pyrrole nitrogens is 1. The average Bonchev–Trinajstić information content (AvgIpc) is 2.39. The molecule has 2 rings (SSSR count). The van der Waals surface area contributed by atoms with Crippen LogP contribution >= 0.6 is 0 Å². The first-order chi connectivity index (χ1) is 8.69. The third kappa shape index (κ3) is 2.76. The summed E-state index contributed by atoms with van der Waals surface area (Å²) in [5.74, 6) is 0.385. The van der Waals surface area contributed by atoms with E-state index in [-0.39, 0.29) is 11.5 Å². The Bertz CT molecular complexity index is 602. The lowest BCUT2D eigenvalue weighted by molar-refractivity contribution is 0.102. The highest BCUT2D eigenvalue weighted by molar-refractivity contribution is 6.04. The SMILES string of the molecule is COc1ccc(NC(=O)c2cc[nH]c(=O)c2)cc1. The van der Waals surface area contributed by atoms with Gasteiger partial charge in [-0.3, -0.25) is 9.59 Å². The van der Waals surface area contributed by atoms with E-state index in [0.717, 1.165) is 0 Å². The van der Waals surface area contributed by atoms with E-state index in [1.165, 1.54) is 12.3 Å². The van der Waals surface area contributed by atoms with Gasteiger partial charge in [-0.25, -0.2) is 0 Å². The van der Waals surface area contributed by atoms with E-state index in [4.69, 9.17) is 4.74 Å². The standard InChI is InChI=1S/C13H12N2O3/c1-18-11-4-2-10(3-5-11)15-13(17)9-6-7-14-12(16)8-9/h2-8H,1H3,(H,14,16)(H,15,17). The van der Waals surface area contributed by atoms with Gasteiger partial charge in [0.2, 0.25) is 5.56 Å². The number of rotatable bonds is 3. The fourth-order valence-electron chi connectivity index (χ4n) is 1.46. The lowest BCUT2D eigenvalue weighted by Crippen LogP contribution is -2.15. The molecule has 0 aliphatic rings. The highest BCUT2D eigenvalue weighted by atomic mass is 16.5. The highest BCUT2D eigenvalue weighted by Gasteiger charge is 2.06. The van der Waals surface area contributed by atoms with Gasteiger partial charge in [0, 0.05) is 23.5 Å². The Morgan fingerprint density at radius 3 is 2.56 bits per heavy atom. The van der Waals surface area contributed by atoms with E-state index in [0.29, 0.717) is 17.0 Å².